The van der Waals surface area contributed by atoms with Crippen molar-refractivity contribution in [2.45, 2.75) is 59.0 Å². The molecule has 0 saturated carbocycles. The van der Waals surface area contributed by atoms with Crippen LogP contribution in [0.4, 0.5) is 0 Å². The molecule has 1 heterocycles. The van der Waals surface area contributed by atoms with E-state index < -0.39 is 60.9 Å². The van der Waals surface area contributed by atoms with Crippen LogP contribution in [0, 0.1) is 0 Å². The molecule has 0 aliphatic rings. The molecule has 0 aliphatic carbocycles. The average Bonchev–Trinajstić information content (AvgIpc) is 3.13. The van der Waals surface area contributed by atoms with E-state index in [0.717, 1.165) is 34.6 Å². The molecule has 1 rings (SSSR count). The highest BCUT2D eigenvalue weighted by Crippen LogP contribution is 2.28. The van der Waals surface area contributed by atoms with Crippen LogP contribution in [0.25, 0.3) is 0 Å². The van der Waals surface area contributed by atoms with E-state index in [0.29, 0.717) is 0 Å². The summed E-state index contributed by atoms with van der Waals surface area (Å²) in [7, 11) is 0. The van der Waals surface area contributed by atoms with Gasteiger partial charge in [-0.3, -0.25) is 34.3 Å². The highest BCUT2D eigenvalue weighted by atomic mass is 16.6. The van der Waals surface area contributed by atoms with Gasteiger partial charge in [0.05, 0.1) is 5.82 Å². The lowest BCUT2D eigenvalue weighted by atomic mass is 10.0. The Morgan fingerprint density at radius 2 is 1.30 bits per heavy atom. The number of nitrogens with zero attached hydrogens (tertiary/aromatic N) is 4. The van der Waals surface area contributed by atoms with Gasteiger partial charge in [0, 0.05) is 34.6 Å². The fourth-order valence-electron chi connectivity index (χ4n) is 2.36. The summed E-state index contributed by atoms with van der Waals surface area (Å²) in [6.07, 6.45) is -6.17. The van der Waals surface area contributed by atoms with Crippen molar-refractivity contribution >= 4 is 29.8 Å². The molecule has 0 amide bonds. The van der Waals surface area contributed by atoms with Crippen LogP contribution in [0.1, 0.15) is 46.5 Å². The molecule has 0 fully saturated rings. The van der Waals surface area contributed by atoms with E-state index in [2.05, 4.69) is 20.6 Å². The predicted molar refractivity (Wildman–Crippen MR) is 90.9 cm³/mol. The van der Waals surface area contributed by atoms with Crippen LogP contribution >= 0.6 is 0 Å². The van der Waals surface area contributed by atoms with Crippen molar-refractivity contribution in [3.05, 3.63) is 5.82 Å². The number of aromatic nitrogens is 4. The van der Waals surface area contributed by atoms with Gasteiger partial charge in [0.2, 0.25) is 0 Å². The Morgan fingerprint density at radius 1 is 0.767 bits per heavy atom. The van der Waals surface area contributed by atoms with E-state index in [-0.39, 0.29) is 5.82 Å². The number of ether oxygens (including phenoxy) is 5. The average molecular weight is 429 g/mol. The van der Waals surface area contributed by atoms with Gasteiger partial charge in [-0.15, -0.1) is 0 Å². The lowest BCUT2D eigenvalue weighted by molar-refractivity contribution is -0.204. The molecule has 0 unspecified atom stereocenters. The molecule has 0 N–H and O–H groups in total. The molecule has 166 valence electrons. The predicted octanol–water partition coefficient (Wildman–Crippen LogP) is -1.21. The molecule has 0 radical (unpaired) electrons. The third-order valence-electron chi connectivity index (χ3n) is 3.24. The first-order chi connectivity index (χ1) is 14.0. The van der Waals surface area contributed by atoms with Gasteiger partial charge in [-0.2, -0.15) is 5.21 Å². The Labute approximate surface area is 170 Å². The van der Waals surface area contributed by atoms with Gasteiger partial charge in [-0.25, -0.2) is 0 Å². The zero-order valence-corrected chi connectivity index (χ0v) is 16.9. The van der Waals surface area contributed by atoms with Gasteiger partial charge < -0.3 is 28.8 Å². The second-order valence-electron chi connectivity index (χ2n) is 5.87. The van der Waals surface area contributed by atoms with Crippen molar-refractivity contribution in [3.63, 3.8) is 0 Å². The fraction of sp³-hybridized carbons (Fsp3) is 0.625. The van der Waals surface area contributed by atoms with Crippen LogP contribution in [0.15, 0.2) is 0 Å². The first-order valence-corrected chi connectivity index (χ1v) is 8.52. The summed E-state index contributed by atoms with van der Waals surface area (Å²) in [5.41, 5.74) is 0. The largest absolute Gasteiger partial charge is 0.462 e. The minimum Gasteiger partial charge on any atom is -0.462 e. The number of tetrazole rings is 1. The van der Waals surface area contributed by atoms with E-state index in [1.54, 1.807) is 0 Å². The quantitative estimate of drug-likeness (QED) is 0.318. The summed E-state index contributed by atoms with van der Waals surface area (Å²) in [6, 6.07) is 0. The third-order valence-corrected chi connectivity index (χ3v) is 3.24. The summed E-state index contributed by atoms with van der Waals surface area (Å²) in [5.74, 6) is -4.37. The van der Waals surface area contributed by atoms with Crippen molar-refractivity contribution in [2.24, 2.45) is 0 Å². The number of hydrogen-bond acceptors (Lipinski definition) is 13. The molecular weight excluding hydrogens is 408 g/mol. The van der Waals surface area contributed by atoms with Crippen molar-refractivity contribution in [2.75, 3.05) is 6.61 Å². The van der Waals surface area contributed by atoms with E-state index in [1.807, 2.05) is 0 Å². The molecule has 30 heavy (non-hydrogen) atoms. The zero-order valence-electron chi connectivity index (χ0n) is 16.9. The number of carbonyl (C=O) groups excluding carboxylic acids is 5. The molecule has 0 aliphatic heterocycles. The van der Waals surface area contributed by atoms with Crippen LogP contribution in [-0.4, -0.2) is 70.3 Å². The van der Waals surface area contributed by atoms with E-state index in [1.165, 1.54) is 0 Å². The first kappa shape index (κ1) is 24.5. The van der Waals surface area contributed by atoms with Gasteiger partial charge in [-0.05, 0) is 0 Å². The standard InChI is InChI=1S/C16H21N4O10/c1-7(21)26-6-12(27-8(2)22)13(28-9(3)23)14(29-10(4)24)15(30-11(5)25)16-17-19-20-18-16/h12-15H,6H2,1-5H3/q-1/t12-,13+,14+,15-/m1/s1. The van der Waals surface area contributed by atoms with Crippen LogP contribution in [0.2, 0.25) is 0 Å². The van der Waals surface area contributed by atoms with Crippen molar-refractivity contribution < 1.29 is 47.7 Å². The SMILES string of the molecule is CC(=O)OC[C@@H](OC(C)=O)[C@H](OC(C)=O)[C@H](OC(C)=O)[C@@H](OC(C)=O)c1nnn[n-]1. The monoisotopic (exact) mass is 429 g/mol. The Kier molecular flexibility index (Phi) is 9.32. The first-order valence-electron chi connectivity index (χ1n) is 8.52. The van der Waals surface area contributed by atoms with E-state index >= 15 is 0 Å². The summed E-state index contributed by atoms with van der Waals surface area (Å²) in [6.45, 7) is 4.74. The molecule has 14 heteroatoms. The molecule has 0 saturated heterocycles. The second-order valence-corrected chi connectivity index (χ2v) is 5.87. The summed E-state index contributed by atoms with van der Waals surface area (Å²) in [4.78, 5) is 57.9. The highest BCUT2D eigenvalue weighted by Gasteiger charge is 2.44. The maximum absolute atomic E-state index is 11.7. The molecule has 0 aromatic carbocycles. The molecule has 0 bridgehead atoms. The minimum absolute atomic E-state index is 0.275. The molecule has 4 atom stereocenters. The zero-order chi connectivity index (χ0) is 22.8. The van der Waals surface area contributed by atoms with Crippen LogP contribution in [-0.2, 0) is 47.7 Å². The lowest BCUT2D eigenvalue weighted by Crippen LogP contribution is -2.50. The molecule has 1 aromatic rings. The smallest absolute Gasteiger partial charge is 0.303 e. The van der Waals surface area contributed by atoms with Gasteiger partial charge in [0.15, 0.2) is 24.4 Å². The van der Waals surface area contributed by atoms with Crippen molar-refractivity contribution in [1.29, 1.82) is 0 Å². The molecule has 14 nitrogen and oxygen atoms in total. The second kappa shape index (κ2) is 11.4. The third kappa shape index (κ3) is 8.20. The minimum atomic E-state index is -1.61. The van der Waals surface area contributed by atoms with E-state index in [4.69, 9.17) is 23.7 Å². The van der Waals surface area contributed by atoms with Gasteiger partial charge in [0.1, 0.15) is 6.61 Å². The van der Waals surface area contributed by atoms with Crippen LogP contribution in [0.5, 0.6) is 0 Å². The Bertz CT molecular complexity index is 766. The fourth-order valence-corrected chi connectivity index (χ4v) is 2.36. The number of rotatable bonds is 10. The Balaban J connectivity index is 3.47. The van der Waals surface area contributed by atoms with Crippen LogP contribution in [0.3, 0.4) is 0 Å². The molecule has 0 spiro atoms. The number of carbonyl (C=O) groups is 5. The lowest BCUT2D eigenvalue weighted by Gasteiger charge is -2.35. The highest BCUT2D eigenvalue weighted by molar-refractivity contribution is 5.69. The van der Waals surface area contributed by atoms with Crippen molar-refractivity contribution in [1.82, 2.24) is 20.6 Å². The normalized spacial score (nSPS) is 14.4. The number of esters is 5. The molecular formula is C16H21N4O10-. The maximum atomic E-state index is 11.7. The Hall–Kier alpha value is -3.58. The van der Waals surface area contributed by atoms with E-state index in [9.17, 15) is 24.0 Å². The van der Waals surface area contributed by atoms with Gasteiger partial charge in [0.25, 0.3) is 0 Å². The topological polar surface area (TPSA) is 184 Å². The maximum Gasteiger partial charge on any atom is 0.303 e. The number of hydrogen-bond donors (Lipinski definition) is 0. The summed E-state index contributed by atoms with van der Waals surface area (Å²) in [5, 5.41) is 13.7. The van der Waals surface area contributed by atoms with Crippen molar-refractivity contribution in [3.8, 4) is 0 Å². The molecule has 1 aromatic heterocycles. The van der Waals surface area contributed by atoms with Gasteiger partial charge >= 0.3 is 29.8 Å². The van der Waals surface area contributed by atoms with Crippen LogP contribution < -0.4 is 5.10 Å². The Morgan fingerprint density at radius 3 is 1.73 bits per heavy atom. The van der Waals surface area contributed by atoms with Gasteiger partial charge in [-0.1, -0.05) is 0 Å². The summed E-state index contributed by atoms with van der Waals surface area (Å²) < 4.78 is 25.5. The summed E-state index contributed by atoms with van der Waals surface area (Å²) >= 11 is 0.